The summed E-state index contributed by atoms with van der Waals surface area (Å²) in [4.78, 5) is 32.4. The molecule has 2 bridgehead atoms. The Labute approximate surface area is 263 Å². The standard InChI is InChI=1S/C32H40IN3O5S/c1-30(2,3)41-29(38)35-24-13-12-21(33)17-23(24)27(25(35)18-34(6)22-10-8-7-9-11-22)28(37)36-26-16-20-14-15-32(26,31(20,4)5)19-42(36,39)40/h7-13,17,20,25-27H,14-16,18-19H2,1-6H3/t20-,25+,26-,27-,32-/m0/s1. The van der Waals surface area contributed by atoms with Crippen molar-refractivity contribution in [3.8, 4) is 0 Å². The van der Waals surface area contributed by atoms with Crippen LogP contribution in [0.15, 0.2) is 48.5 Å². The van der Waals surface area contributed by atoms with Gasteiger partial charge in [0.25, 0.3) is 0 Å². The van der Waals surface area contributed by atoms with Crippen LogP contribution >= 0.6 is 22.6 Å². The number of ether oxygens (including phenoxy) is 1. The maximum atomic E-state index is 14.9. The third kappa shape index (κ3) is 4.45. The fourth-order valence-electron chi connectivity index (χ4n) is 8.34. The lowest BCUT2D eigenvalue weighted by Crippen LogP contribution is -2.52. The molecule has 2 heterocycles. The van der Waals surface area contributed by atoms with Crippen molar-refractivity contribution in [3.05, 3.63) is 57.7 Å². The highest BCUT2D eigenvalue weighted by Crippen LogP contribution is 2.70. The first-order valence-electron chi connectivity index (χ1n) is 14.7. The molecule has 0 unspecified atom stereocenters. The number of amides is 2. The molecular formula is C32H40IN3O5S. The van der Waals surface area contributed by atoms with Gasteiger partial charge in [-0.15, -0.1) is 0 Å². The maximum absolute atomic E-state index is 14.9. The zero-order chi connectivity index (χ0) is 30.4. The molecule has 2 aliphatic carbocycles. The predicted molar refractivity (Wildman–Crippen MR) is 172 cm³/mol. The average molecular weight is 706 g/mol. The lowest BCUT2D eigenvalue weighted by atomic mass is 9.69. The number of hydrogen-bond acceptors (Lipinski definition) is 6. The van der Waals surface area contributed by atoms with Crippen LogP contribution in [0.2, 0.25) is 0 Å². The summed E-state index contributed by atoms with van der Waals surface area (Å²) in [6.07, 6.45) is 1.98. The molecule has 2 aromatic rings. The normalized spacial score (nSPS) is 30.3. The van der Waals surface area contributed by atoms with Crippen molar-refractivity contribution in [1.82, 2.24) is 4.31 Å². The second kappa shape index (κ2) is 9.84. The second-order valence-corrected chi connectivity index (χ2v) is 17.2. The Morgan fingerprint density at radius 2 is 1.81 bits per heavy atom. The first-order chi connectivity index (χ1) is 19.6. The molecule has 6 rings (SSSR count). The zero-order valence-corrected chi connectivity index (χ0v) is 28.1. The van der Waals surface area contributed by atoms with Gasteiger partial charge in [-0.05, 0) is 110 Å². The molecule has 0 radical (unpaired) electrons. The van der Waals surface area contributed by atoms with Crippen LogP contribution in [0.4, 0.5) is 16.2 Å². The lowest BCUT2D eigenvalue weighted by molar-refractivity contribution is -0.130. The van der Waals surface area contributed by atoms with E-state index in [4.69, 9.17) is 4.74 Å². The van der Waals surface area contributed by atoms with Crippen LogP contribution in [0.25, 0.3) is 0 Å². The van der Waals surface area contributed by atoms with Crippen LogP contribution in [0.3, 0.4) is 0 Å². The van der Waals surface area contributed by atoms with Gasteiger partial charge < -0.3 is 9.64 Å². The molecule has 2 aliphatic heterocycles. The number of halogens is 1. The Morgan fingerprint density at radius 1 is 1.12 bits per heavy atom. The first kappa shape index (κ1) is 29.7. The summed E-state index contributed by atoms with van der Waals surface area (Å²) < 4.78 is 36.0. The van der Waals surface area contributed by atoms with Crippen molar-refractivity contribution >= 4 is 56.0 Å². The van der Waals surface area contributed by atoms with Crippen LogP contribution < -0.4 is 9.80 Å². The molecule has 0 aromatic heterocycles. The average Bonchev–Trinajstić information content (AvgIpc) is 3.49. The Hall–Kier alpha value is -2.34. The smallest absolute Gasteiger partial charge is 0.415 e. The summed E-state index contributed by atoms with van der Waals surface area (Å²) in [5, 5.41) is 0. The van der Waals surface area contributed by atoms with Gasteiger partial charge in [0.15, 0.2) is 0 Å². The van der Waals surface area contributed by atoms with Gasteiger partial charge >= 0.3 is 6.09 Å². The minimum atomic E-state index is -3.85. The fourth-order valence-corrected chi connectivity index (χ4v) is 11.4. The van der Waals surface area contributed by atoms with Crippen LogP contribution in [-0.4, -0.2) is 61.8 Å². The fraction of sp³-hybridized carbons (Fsp3) is 0.562. The van der Waals surface area contributed by atoms with E-state index in [0.29, 0.717) is 30.1 Å². The number of benzene rings is 2. The molecule has 4 aliphatic rings. The summed E-state index contributed by atoms with van der Waals surface area (Å²) >= 11 is 2.21. The van der Waals surface area contributed by atoms with E-state index in [9.17, 15) is 18.0 Å². The second-order valence-electron chi connectivity index (χ2n) is 14.1. The van der Waals surface area contributed by atoms with Gasteiger partial charge in [-0.2, -0.15) is 0 Å². The van der Waals surface area contributed by atoms with Crippen molar-refractivity contribution in [3.63, 3.8) is 0 Å². The third-order valence-corrected chi connectivity index (χ3v) is 13.0. The highest BCUT2D eigenvalue weighted by Gasteiger charge is 2.73. The van der Waals surface area contributed by atoms with Gasteiger partial charge in [-0.1, -0.05) is 32.0 Å². The number of rotatable bonds is 4. The Bertz CT molecular complexity index is 1540. The SMILES string of the molecule is CN(C[C@@H]1[C@@H](C(=O)N2[C@H]3C[C@@H]4CC[C@@]3(CS2(=O)=O)C4(C)C)c2cc(I)ccc2N1C(=O)OC(C)(C)C)c1ccccc1. The molecule has 0 N–H and O–H groups in total. The number of sulfonamides is 1. The van der Waals surface area contributed by atoms with Gasteiger partial charge in [-0.25, -0.2) is 17.5 Å². The van der Waals surface area contributed by atoms with E-state index in [1.807, 2.05) is 81.2 Å². The number of likely N-dealkylation sites (N-methyl/N-ethyl adjacent to an activating group) is 1. The largest absolute Gasteiger partial charge is 0.443 e. The number of para-hydroxylation sites is 1. The number of hydrogen-bond donors (Lipinski definition) is 0. The van der Waals surface area contributed by atoms with Crippen molar-refractivity contribution in [2.75, 3.05) is 29.1 Å². The van der Waals surface area contributed by atoms with Crippen molar-refractivity contribution in [1.29, 1.82) is 0 Å². The molecule has 42 heavy (non-hydrogen) atoms. The minimum Gasteiger partial charge on any atom is -0.443 e. The van der Waals surface area contributed by atoms with E-state index in [0.717, 1.165) is 22.1 Å². The summed E-state index contributed by atoms with van der Waals surface area (Å²) in [6.45, 7) is 10.1. The molecule has 1 spiro atoms. The number of carbonyl (C=O) groups is 2. The summed E-state index contributed by atoms with van der Waals surface area (Å²) in [5.74, 6) is -0.888. The number of carbonyl (C=O) groups excluding carboxylic acids is 2. The number of anilines is 2. The molecule has 5 atom stereocenters. The predicted octanol–water partition coefficient (Wildman–Crippen LogP) is 6.00. The molecule has 2 saturated carbocycles. The van der Waals surface area contributed by atoms with Crippen LogP contribution in [-0.2, 0) is 19.6 Å². The van der Waals surface area contributed by atoms with Crippen LogP contribution in [0.1, 0.15) is 65.4 Å². The van der Waals surface area contributed by atoms with E-state index in [2.05, 4.69) is 36.4 Å². The quantitative estimate of drug-likeness (QED) is 0.363. The van der Waals surface area contributed by atoms with E-state index < -0.39 is 45.0 Å². The zero-order valence-electron chi connectivity index (χ0n) is 25.1. The molecule has 2 amide bonds. The van der Waals surface area contributed by atoms with E-state index >= 15 is 0 Å². The summed E-state index contributed by atoms with van der Waals surface area (Å²) in [7, 11) is -1.92. The molecule has 1 saturated heterocycles. The molecule has 3 fully saturated rings. The van der Waals surface area contributed by atoms with E-state index in [1.165, 1.54) is 4.31 Å². The third-order valence-electron chi connectivity index (χ3n) is 10.4. The highest BCUT2D eigenvalue weighted by atomic mass is 127. The Kier molecular flexibility index (Phi) is 6.96. The summed E-state index contributed by atoms with van der Waals surface area (Å²) in [5.41, 5.74) is 0.855. The van der Waals surface area contributed by atoms with Gasteiger partial charge in [0.2, 0.25) is 15.9 Å². The highest BCUT2D eigenvalue weighted by molar-refractivity contribution is 14.1. The van der Waals surface area contributed by atoms with Crippen LogP contribution in [0, 0.1) is 20.3 Å². The Balaban J connectivity index is 1.46. The van der Waals surface area contributed by atoms with Gasteiger partial charge in [-0.3, -0.25) is 9.69 Å². The first-order valence-corrected chi connectivity index (χ1v) is 17.4. The Morgan fingerprint density at radius 3 is 2.45 bits per heavy atom. The lowest BCUT2D eigenvalue weighted by Gasteiger charge is -2.38. The summed E-state index contributed by atoms with van der Waals surface area (Å²) in [6, 6.07) is 14.4. The monoisotopic (exact) mass is 705 g/mol. The van der Waals surface area contributed by atoms with Crippen molar-refractivity contribution in [2.24, 2.45) is 16.7 Å². The molecule has 8 nitrogen and oxygen atoms in total. The number of nitrogens with zero attached hydrogens (tertiary/aromatic N) is 3. The number of fused-ring (bicyclic) bond motifs is 2. The van der Waals surface area contributed by atoms with E-state index in [-0.39, 0.29) is 17.2 Å². The van der Waals surface area contributed by atoms with Crippen LogP contribution in [0.5, 0.6) is 0 Å². The molecular weight excluding hydrogens is 665 g/mol. The molecule has 226 valence electrons. The van der Waals surface area contributed by atoms with Crippen molar-refractivity contribution < 1.29 is 22.7 Å². The minimum absolute atomic E-state index is 0.0101. The molecule has 10 heteroatoms. The van der Waals surface area contributed by atoms with Crippen molar-refractivity contribution in [2.45, 2.75) is 77.5 Å². The van der Waals surface area contributed by atoms with Gasteiger partial charge in [0.1, 0.15) is 5.60 Å². The van der Waals surface area contributed by atoms with Gasteiger partial charge in [0.05, 0.1) is 29.4 Å². The van der Waals surface area contributed by atoms with E-state index in [1.54, 1.807) is 4.90 Å². The van der Waals surface area contributed by atoms with Gasteiger partial charge in [0, 0.05) is 28.3 Å². The topological polar surface area (TPSA) is 87.2 Å². The maximum Gasteiger partial charge on any atom is 0.415 e. The molecule has 2 aromatic carbocycles.